The quantitative estimate of drug-likeness (QED) is 0.190. The molecule has 0 atom stereocenters. The number of benzene rings is 3. The minimum absolute atomic E-state index is 0.188. The molecule has 3 aromatic rings. The predicted octanol–water partition coefficient (Wildman–Crippen LogP) is 5.27. The van der Waals surface area contributed by atoms with E-state index in [9.17, 15) is 9.59 Å². The van der Waals surface area contributed by atoms with Crippen molar-refractivity contribution in [2.24, 2.45) is 5.10 Å². The van der Waals surface area contributed by atoms with E-state index in [-0.39, 0.29) is 6.61 Å². The maximum Gasteiger partial charge on any atom is 0.343 e. The fourth-order valence-electron chi connectivity index (χ4n) is 2.53. The number of nitrogens with one attached hydrogen (secondary N) is 1. The number of hydrogen-bond donors (Lipinski definition) is 1. The molecule has 0 aliphatic heterocycles. The number of amides is 1. The van der Waals surface area contributed by atoms with Gasteiger partial charge in [0.25, 0.3) is 5.91 Å². The fraction of sp³-hybridized carbons (Fsp3) is 0.0870. The Bertz CT molecular complexity index is 1110. The second kappa shape index (κ2) is 10.9. The molecule has 3 aromatic carbocycles. The van der Waals surface area contributed by atoms with E-state index >= 15 is 0 Å². The Labute approximate surface area is 196 Å². The molecule has 0 aromatic heterocycles. The summed E-state index contributed by atoms with van der Waals surface area (Å²) in [5.41, 5.74) is 4.32. The van der Waals surface area contributed by atoms with Crippen molar-refractivity contribution in [1.29, 1.82) is 0 Å². The molecule has 158 valence electrons. The van der Waals surface area contributed by atoms with Crippen LogP contribution in [0.5, 0.6) is 11.5 Å². The van der Waals surface area contributed by atoms with Crippen LogP contribution in [0.15, 0.2) is 80.8 Å². The van der Waals surface area contributed by atoms with Crippen molar-refractivity contribution in [2.75, 3.05) is 6.61 Å². The zero-order valence-electron chi connectivity index (χ0n) is 16.5. The van der Waals surface area contributed by atoms with Gasteiger partial charge in [-0.25, -0.2) is 10.2 Å². The van der Waals surface area contributed by atoms with Gasteiger partial charge in [0.05, 0.1) is 11.8 Å². The fourth-order valence-corrected chi connectivity index (χ4v) is 3.17. The Hall–Kier alpha value is -2.97. The number of rotatable bonds is 7. The first-order valence-corrected chi connectivity index (χ1v) is 10.8. The molecule has 1 N–H and O–H groups in total. The highest BCUT2D eigenvalue weighted by atomic mass is 79.9. The molecule has 0 unspecified atom stereocenters. The summed E-state index contributed by atoms with van der Waals surface area (Å²) >= 11 is 6.72. The summed E-state index contributed by atoms with van der Waals surface area (Å²) in [7, 11) is 0. The first-order chi connectivity index (χ1) is 14.9. The van der Waals surface area contributed by atoms with Crippen molar-refractivity contribution in [2.45, 2.75) is 6.92 Å². The second-order valence-electron chi connectivity index (χ2n) is 6.48. The van der Waals surface area contributed by atoms with Crippen molar-refractivity contribution < 1.29 is 19.1 Å². The molecule has 0 aliphatic carbocycles. The maximum atomic E-state index is 12.5. The van der Waals surface area contributed by atoms with E-state index < -0.39 is 11.9 Å². The van der Waals surface area contributed by atoms with Gasteiger partial charge in [-0.05, 0) is 61.5 Å². The summed E-state index contributed by atoms with van der Waals surface area (Å²) in [6.07, 6.45) is 1.40. The first kappa shape index (κ1) is 22.7. The van der Waals surface area contributed by atoms with Gasteiger partial charge in [-0.1, -0.05) is 49.6 Å². The molecule has 0 heterocycles. The third-order valence-electron chi connectivity index (χ3n) is 4.00. The van der Waals surface area contributed by atoms with E-state index in [4.69, 9.17) is 9.47 Å². The van der Waals surface area contributed by atoms with Gasteiger partial charge in [0.1, 0.15) is 11.5 Å². The Morgan fingerprint density at radius 2 is 1.74 bits per heavy atom. The first-order valence-electron chi connectivity index (χ1n) is 9.19. The summed E-state index contributed by atoms with van der Waals surface area (Å²) in [5.74, 6) is -0.0152. The van der Waals surface area contributed by atoms with Crippen molar-refractivity contribution in [1.82, 2.24) is 5.43 Å². The number of carbonyl (C=O) groups excluding carboxylic acids is 2. The van der Waals surface area contributed by atoms with Crippen molar-refractivity contribution >= 4 is 50.0 Å². The monoisotopic (exact) mass is 544 g/mol. The average molecular weight is 546 g/mol. The highest BCUT2D eigenvalue weighted by Gasteiger charge is 2.12. The number of hydrazone groups is 1. The van der Waals surface area contributed by atoms with Gasteiger partial charge in [-0.15, -0.1) is 0 Å². The van der Waals surface area contributed by atoms with Crippen LogP contribution >= 0.6 is 31.9 Å². The van der Waals surface area contributed by atoms with E-state index in [0.29, 0.717) is 22.6 Å². The zero-order chi connectivity index (χ0) is 22.2. The van der Waals surface area contributed by atoms with Crippen LogP contribution in [0.3, 0.4) is 0 Å². The molecule has 0 saturated carbocycles. The van der Waals surface area contributed by atoms with E-state index in [1.165, 1.54) is 6.21 Å². The van der Waals surface area contributed by atoms with Gasteiger partial charge >= 0.3 is 5.97 Å². The Kier molecular flexibility index (Phi) is 7.97. The van der Waals surface area contributed by atoms with E-state index in [1.807, 2.05) is 25.1 Å². The van der Waals surface area contributed by atoms with Gasteiger partial charge in [-0.3, -0.25) is 4.79 Å². The molecular weight excluding hydrogens is 528 g/mol. The second-order valence-corrected chi connectivity index (χ2v) is 8.31. The van der Waals surface area contributed by atoms with Crippen LogP contribution in [0.4, 0.5) is 0 Å². The number of nitrogens with zero attached hydrogens (tertiary/aromatic N) is 1. The summed E-state index contributed by atoms with van der Waals surface area (Å²) < 4.78 is 12.6. The molecule has 0 aliphatic rings. The molecular formula is C23H18Br2N2O4. The minimum Gasteiger partial charge on any atom is -0.484 e. The smallest absolute Gasteiger partial charge is 0.343 e. The number of aryl methyl sites for hydroxylation is 1. The molecule has 0 fully saturated rings. The van der Waals surface area contributed by atoms with Crippen LogP contribution in [0, 0.1) is 6.92 Å². The molecule has 1 amide bonds. The maximum absolute atomic E-state index is 12.5. The molecule has 3 rings (SSSR count). The lowest BCUT2D eigenvalue weighted by Crippen LogP contribution is -2.24. The summed E-state index contributed by atoms with van der Waals surface area (Å²) in [5, 5.41) is 3.94. The molecule has 0 bridgehead atoms. The predicted molar refractivity (Wildman–Crippen MR) is 126 cm³/mol. The zero-order valence-corrected chi connectivity index (χ0v) is 19.6. The third kappa shape index (κ3) is 7.04. The Balaban J connectivity index is 1.61. The number of esters is 1. The van der Waals surface area contributed by atoms with Crippen LogP contribution in [-0.4, -0.2) is 24.7 Å². The van der Waals surface area contributed by atoms with Crippen molar-refractivity contribution in [3.8, 4) is 11.5 Å². The van der Waals surface area contributed by atoms with Gasteiger partial charge in [0.15, 0.2) is 6.61 Å². The summed E-state index contributed by atoms with van der Waals surface area (Å²) in [6, 6.07) is 19.4. The van der Waals surface area contributed by atoms with Crippen LogP contribution in [0.2, 0.25) is 0 Å². The number of halogens is 2. The molecule has 0 saturated heterocycles. The Morgan fingerprint density at radius 3 is 2.48 bits per heavy atom. The van der Waals surface area contributed by atoms with E-state index in [0.717, 1.165) is 14.5 Å². The largest absolute Gasteiger partial charge is 0.484 e. The lowest BCUT2D eigenvalue weighted by atomic mass is 10.1. The van der Waals surface area contributed by atoms with Gasteiger partial charge in [-0.2, -0.15) is 5.10 Å². The highest BCUT2D eigenvalue weighted by molar-refractivity contribution is 9.10. The standard InChI is InChI=1S/C23H18Br2N2O4/c1-15-3-2-4-16(11-15)23(29)31-21-10-7-19(25)12-17(21)13-26-27-22(28)14-30-20-8-5-18(24)6-9-20/h2-13H,14H2,1H3,(H,27,28)/b26-13-. The van der Waals surface area contributed by atoms with Crippen LogP contribution < -0.4 is 14.9 Å². The average Bonchev–Trinajstić information content (AvgIpc) is 2.75. The molecule has 6 nitrogen and oxygen atoms in total. The molecule has 0 spiro atoms. The van der Waals surface area contributed by atoms with E-state index in [1.54, 1.807) is 48.5 Å². The number of ether oxygens (including phenoxy) is 2. The topological polar surface area (TPSA) is 77.0 Å². The van der Waals surface area contributed by atoms with Crippen molar-refractivity contribution in [3.05, 3.63) is 92.4 Å². The van der Waals surface area contributed by atoms with Crippen molar-refractivity contribution in [3.63, 3.8) is 0 Å². The van der Waals surface area contributed by atoms with Crippen LogP contribution in [-0.2, 0) is 4.79 Å². The van der Waals surface area contributed by atoms with Gasteiger partial charge < -0.3 is 9.47 Å². The Morgan fingerprint density at radius 1 is 1.00 bits per heavy atom. The van der Waals surface area contributed by atoms with Crippen LogP contribution in [0.1, 0.15) is 21.5 Å². The number of hydrogen-bond acceptors (Lipinski definition) is 5. The lowest BCUT2D eigenvalue weighted by Gasteiger charge is -2.09. The van der Waals surface area contributed by atoms with Gasteiger partial charge in [0.2, 0.25) is 0 Å². The summed E-state index contributed by atoms with van der Waals surface area (Å²) in [6.45, 7) is 1.71. The summed E-state index contributed by atoms with van der Waals surface area (Å²) in [4.78, 5) is 24.4. The normalized spacial score (nSPS) is 10.7. The number of carbonyl (C=O) groups is 2. The minimum atomic E-state index is -0.479. The van der Waals surface area contributed by atoms with Gasteiger partial charge in [0, 0.05) is 14.5 Å². The van der Waals surface area contributed by atoms with Crippen LogP contribution in [0.25, 0.3) is 0 Å². The molecule has 8 heteroatoms. The molecule has 31 heavy (non-hydrogen) atoms. The lowest BCUT2D eigenvalue weighted by molar-refractivity contribution is -0.123. The van der Waals surface area contributed by atoms with E-state index in [2.05, 4.69) is 42.4 Å². The highest BCUT2D eigenvalue weighted by Crippen LogP contribution is 2.23. The SMILES string of the molecule is Cc1cccc(C(=O)Oc2ccc(Br)cc2/C=N\NC(=O)COc2ccc(Br)cc2)c1. The molecule has 0 radical (unpaired) electrons. The third-order valence-corrected chi connectivity index (χ3v) is 5.03.